The van der Waals surface area contributed by atoms with Gasteiger partial charge in [-0.25, -0.2) is 12.8 Å². The fourth-order valence-electron chi connectivity index (χ4n) is 3.44. The first-order valence-corrected chi connectivity index (χ1v) is 9.74. The summed E-state index contributed by atoms with van der Waals surface area (Å²) in [5.74, 6) is -0.209. The Morgan fingerprint density at radius 2 is 2.00 bits per heavy atom. The van der Waals surface area contributed by atoms with E-state index < -0.39 is 9.84 Å². The van der Waals surface area contributed by atoms with Gasteiger partial charge >= 0.3 is 0 Å². The molecule has 3 rings (SSSR count). The molecule has 1 N–H and O–H groups in total. The maximum Gasteiger partial charge on any atom is 0.234 e. The molecule has 126 valence electrons. The van der Waals surface area contributed by atoms with Crippen molar-refractivity contribution in [1.82, 2.24) is 10.2 Å². The number of hydrogen-bond donors (Lipinski definition) is 1. The number of carbonyl (C=O) groups is 1. The molecular weight excluding hydrogens is 319 g/mol. The number of likely N-dealkylation sites (tertiary alicyclic amines) is 1. The lowest BCUT2D eigenvalue weighted by molar-refractivity contribution is -0.123. The number of hydrogen-bond acceptors (Lipinski definition) is 4. The molecular formula is C16H21FN2O3S. The molecule has 23 heavy (non-hydrogen) atoms. The molecule has 1 aromatic rings. The highest BCUT2D eigenvalue weighted by Gasteiger charge is 2.31. The molecule has 2 heterocycles. The summed E-state index contributed by atoms with van der Waals surface area (Å²) in [6.45, 7) is 1.07. The van der Waals surface area contributed by atoms with Gasteiger partial charge in [0.25, 0.3) is 0 Å². The molecule has 2 aliphatic rings. The van der Waals surface area contributed by atoms with Crippen LogP contribution in [-0.2, 0) is 14.6 Å². The Balaban J connectivity index is 1.58. The van der Waals surface area contributed by atoms with E-state index in [0.29, 0.717) is 6.42 Å². The summed E-state index contributed by atoms with van der Waals surface area (Å²) in [5, 5.41) is 2.82. The van der Waals surface area contributed by atoms with Gasteiger partial charge in [0.2, 0.25) is 5.91 Å². The highest BCUT2D eigenvalue weighted by atomic mass is 32.2. The first-order valence-electron chi connectivity index (χ1n) is 7.92. The van der Waals surface area contributed by atoms with Gasteiger partial charge in [-0.3, -0.25) is 9.69 Å². The predicted molar refractivity (Wildman–Crippen MR) is 85.1 cm³/mol. The second kappa shape index (κ2) is 6.57. The van der Waals surface area contributed by atoms with Gasteiger partial charge in [-0.15, -0.1) is 0 Å². The number of carbonyl (C=O) groups excluding carboxylic acids is 1. The third-order valence-corrected chi connectivity index (χ3v) is 6.33. The Bertz CT molecular complexity index is 675. The van der Waals surface area contributed by atoms with Crippen LogP contribution in [0.1, 0.15) is 30.9 Å². The van der Waals surface area contributed by atoms with Crippen LogP contribution in [0.5, 0.6) is 0 Å². The largest absolute Gasteiger partial charge is 0.351 e. The molecule has 0 aromatic heterocycles. The van der Waals surface area contributed by atoms with Crippen LogP contribution in [0.4, 0.5) is 4.39 Å². The van der Waals surface area contributed by atoms with E-state index in [2.05, 4.69) is 10.2 Å². The van der Waals surface area contributed by atoms with Crippen LogP contribution in [0.2, 0.25) is 0 Å². The molecule has 2 saturated heterocycles. The zero-order chi connectivity index (χ0) is 16.4. The van der Waals surface area contributed by atoms with E-state index >= 15 is 0 Å². The average molecular weight is 340 g/mol. The smallest absolute Gasteiger partial charge is 0.234 e. The van der Waals surface area contributed by atoms with Gasteiger partial charge in [0.15, 0.2) is 9.84 Å². The minimum Gasteiger partial charge on any atom is -0.351 e. The number of nitrogens with one attached hydrogen (secondary N) is 1. The standard InChI is InChI=1S/C16H21FN2O3S/c17-13-5-3-12(4-6-13)15-2-1-8-19(15)10-16(20)18-14-7-9-23(21,22)11-14/h3-6,14-15H,1-2,7-11H2,(H,18,20). The maximum atomic E-state index is 13.0. The number of sulfone groups is 1. The topological polar surface area (TPSA) is 66.5 Å². The minimum atomic E-state index is -2.99. The van der Waals surface area contributed by atoms with Gasteiger partial charge in [0, 0.05) is 12.1 Å². The minimum absolute atomic E-state index is 0.0418. The van der Waals surface area contributed by atoms with Crippen molar-refractivity contribution in [3.05, 3.63) is 35.6 Å². The summed E-state index contributed by atoms with van der Waals surface area (Å²) >= 11 is 0. The van der Waals surface area contributed by atoms with Gasteiger partial charge in [-0.05, 0) is 43.5 Å². The van der Waals surface area contributed by atoms with Crippen LogP contribution >= 0.6 is 0 Å². The van der Waals surface area contributed by atoms with Crippen molar-refractivity contribution in [2.45, 2.75) is 31.3 Å². The molecule has 0 aliphatic carbocycles. The van der Waals surface area contributed by atoms with Gasteiger partial charge in [-0.1, -0.05) is 12.1 Å². The van der Waals surface area contributed by atoms with Crippen LogP contribution in [0.15, 0.2) is 24.3 Å². The summed E-state index contributed by atoms with van der Waals surface area (Å²) in [6.07, 6.45) is 2.43. The number of rotatable bonds is 4. The monoisotopic (exact) mass is 340 g/mol. The van der Waals surface area contributed by atoms with Crippen LogP contribution in [0.3, 0.4) is 0 Å². The molecule has 0 saturated carbocycles. The van der Waals surface area contributed by atoms with Crippen molar-refractivity contribution in [2.24, 2.45) is 0 Å². The van der Waals surface area contributed by atoms with Crippen LogP contribution < -0.4 is 5.32 Å². The van der Waals surface area contributed by atoms with Crippen molar-refractivity contribution in [2.75, 3.05) is 24.6 Å². The second-order valence-corrected chi connectivity index (χ2v) is 8.58. The molecule has 2 atom stereocenters. The molecule has 2 aliphatic heterocycles. The second-order valence-electron chi connectivity index (χ2n) is 6.35. The van der Waals surface area contributed by atoms with E-state index in [9.17, 15) is 17.6 Å². The molecule has 1 aromatic carbocycles. The molecule has 0 spiro atoms. The third-order valence-electron chi connectivity index (χ3n) is 4.56. The number of nitrogens with zero attached hydrogens (tertiary/aromatic N) is 1. The lowest BCUT2D eigenvalue weighted by Crippen LogP contribution is -2.42. The first kappa shape index (κ1) is 16.4. The summed E-state index contributed by atoms with van der Waals surface area (Å²) in [6, 6.07) is 6.26. The van der Waals surface area contributed by atoms with Gasteiger partial charge in [0.1, 0.15) is 5.82 Å². The van der Waals surface area contributed by atoms with Crippen LogP contribution in [0, 0.1) is 5.82 Å². The highest BCUT2D eigenvalue weighted by molar-refractivity contribution is 7.91. The maximum absolute atomic E-state index is 13.0. The number of halogens is 1. The molecule has 1 amide bonds. The van der Waals surface area contributed by atoms with Crippen molar-refractivity contribution >= 4 is 15.7 Å². The van der Waals surface area contributed by atoms with Crippen molar-refractivity contribution in [3.8, 4) is 0 Å². The lowest BCUT2D eigenvalue weighted by atomic mass is 10.0. The Morgan fingerprint density at radius 3 is 2.65 bits per heavy atom. The Kier molecular flexibility index (Phi) is 4.68. The van der Waals surface area contributed by atoms with Crippen molar-refractivity contribution in [1.29, 1.82) is 0 Å². The number of benzene rings is 1. The van der Waals surface area contributed by atoms with Gasteiger partial charge < -0.3 is 5.32 Å². The van der Waals surface area contributed by atoms with Crippen molar-refractivity contribution in [3.63, 3.8) is 0 Å². The Labute approximate surface area is 135 Å². The molecule has 2 unspecified atom stereocenters. The Hall–Kier alpha value is -1.47. The summed E-state index contributed by atoms with van der Waals surface area (Å²) in [7, 11) is -2.99. The van der Waals surface area contributed by atoms with E-state index in [1.54, 1.807) is 12.1 Å². The molecule has 2 fully saturated rings. The van der Waals surface area contributed by atoms with Crippen LogP contribution in [0.25, 0.3) is 0 Å². The highest BCUT2D eigenvalue weighted by Crippen LogP contribution is 2.31. The third kappa shape index (κ3) is 4.09. The quantitative estimate of drug-likeness (QED) is 0.896. The van der Waals surface area contributed by atoms with Gasteiger partial charge in [0.05, 0.1) is 18.1 Å². The number of amides is 1. The van der Waals surface area contributed by atoms with E-state index in [4.69, 9.17) is 0 Å². The summed E-state index contributed by atoms with van der Waals surface area (Å²) < 4.78 is 35.9. The van der Waals surface area contributed by atoms with E-state index in [-0.39, 0.29) is 41.9 Å². The lowest BCUT2D eigenvalue weighted by Gasteiger charge is -2.25. The first-order chi connectivity index (χ1) is 10.9. The zero-order valence-electron chi connectivity index (χ0n) is 12.9. The van der Waals surface area contributed by atoms with Gasteiger partial charge in [-0.2, -0.15) is 0 Å². The van der Waals surface area contributed by atoms with Crippen LogP contribution in [-0.4, -0.2) is 49.9 Å². The molecule has 5 nitrogen and oxygen atoms in total. The van der Waals surface area contributed by atoms with E-state index in [0.717, 1.165) is 24.9 Å². The molecule has 7 heteroatoms. The molecule has 0 bridgehead atoms. The SMILES string of the molecule is O=C(CN1CCCC1c1ccc(F)cc1)NC1CCS(=O)(=O)C1. The molecule has 0 radical (unpaired) electrons. The zero-order valence-corrected chi connectivity index (χ0v) is 13.7. The van der Waals surface area contributed by atoms with E-state index in [1.165, 1.54) is 12.1 Å². The summed E-state index contributed by atoms with van der Waals surface area (Å²) in [4.78, 5) is 14.3. The summed E-state index contributed by atoms with van der Waals surface area (Å²) in [5.41, 5.74) is 1.01. The fourth-order valence-corrected chi connectivity index (χ4v) is 5.12. The Morgan fingerprint density at radius 1 is 1.26 bits per heavy atom. The predicted octanol–water partition coefficient (Wildman–Crippen LogP) is 1.27. The van der Waals surface area contributed by atoms with E-state index in [1.807, 2.05) is 0 Å². The average Bonchev–Trinajstić information content (AvgIpc) is 3.06. The normalized spacial score (nSPS) is 27.2. The fraction of sp³-hybridized carbons (Fsp3) is 0.562. The van der Waals surface area contributed by atoms with Crippen molar-refractivity contribution < 1.29 is 17.6 Å².